The van der Waals surface area contributed by atoms with Gasteiger partial charge in [0.1, 0.15) is 41.1 Å². The highest BCUT2D eigenvalue weighted by Gasteiger charge is 2.49. The van der Waals surface area contributed by atoms with Crippen LogP contribution in [0.4, 0.5) is 10.1 Å². The first-order valence-electron chi connectivity index (χ1n) is 22.7. The number of phenolic OH excluding ortho intramolecular Hbond substituents is 1. The van der Waals surface area contributed by atoms with Crippen molar-refractivity contribution >= 4 is 23.8 Å². The van der Waals surface area contributed by atoms with Crippen LogP contribution in [-0.4, -0.2) is 99.6 Å². The molecule has 0 radical (unpaired) electrons. The molecule has 1 spiro atoms. The number of phenols is 1. The lowest BCUT2D eigenvalue weighted by molar-refractivity contribution is -0.125. The molecule has 3 atom stereocenters. The molecule has 4 heterocycles. The number of nitrogens with one attached hydrogen (secondary N) is 1. The van der Waals surface area contributed by atoms with Crippen LogP contribution in [0.15, 0.2) is 66.7 Å². The van der Waals surface area contributed by atoms with Crippen molar-refractivity contribution in [3.63, 3.8) is 0 Å². The minimum absolute atomic E-state index is 0.114. The number of carbonyl (C=O) groups excluding carboxylic acids is 3. The number of anilines is 1. The Balaban J connectivity index is 0.832. The van der Waals surface area contributed by atoms with Gasteiger partial charge in [-0.15, -0.1) is 0 Å². The molecule has 332 valence electrons. The van der Waals surface area contributed by atoms with Gasteiger partial charge in [-0.05, 0) is 124 Å². The van der Waals surface area contributed by atoms with Crippen LogP contribution >= 0.6 is 0 Å². The van der Waals surface area contributed by atoms with Crippen LogP contribution in [0.5, 0.6) is 23.0 Å². The first-order chi connectivity index (χ1) is 30.7. The molecule has 63 heavy (non-hydrogen) atoms. The summed E-state index contributed by atoms with van der Waals surface area (Å²) in [7, 11) is 4.79. The van der Waals surface area contributed by atoms with Crippen molar-refractivity contribution in [1.82, 2.24) is 15.1 Å². The number of carbonyl (C=O) groups is 3. The Morgan fingerprint density at radius 2 is 1.75 bits per heavy atom. The Morgan fingerprint density at radius 1 is 0.984 bits per heavy atom. The molecule has 3 unspecified atom stereocenters. The number of rotatable bonds is 13. The molecule has 2 amide bonds. The summed E-state index contributed by atoms with van der Waals surface area (Å²) in [5, 5.41) is 13.0. The summed E-state index contributed by atoms with van der Waals surface area (Å²) in [6.45, 7) is 5.22. The van der Waals surface area contributed by atoms with E-state index in [-0.39, 0.29) is 60.0 Å². The summed E-state index contributed by atoms with van der Waals surface area (Å²) in [5.41, 5.74) is 6.98. The van der Waals surface area contributed by atoms with Gasteiger partial charge < -0.3 is 44.1 Å². The number of likely N-dealkylation sites (N-methyl/N-ethyl adjacent to an activating group) is 1. The highest BCUT2D eigenvalue weighted by molar-refractivity contribution is 6.04. The maximum absolute atomic E-state index is 16.4. The van der Waals surface area contributed by atoms with Crippen molar-refractivity contribution in [3.8, 4) is 23.0 Å². The zero-order valence-electron chi connectivity index (χ0n) is 36.7. The van der Waals surface area contributed by atoms with E-state index < -0.39 is 6.04 Å². The molecule has 1 aliphatic carbocycles. The molecule has 2 saturated heterocycles. The molecule has 0 saturated carbocycles. The number of benzene rings is 4. The molecule has 9 rings (SSSR count). The third kappa shape index (κ3) is 7.89. The number of aryl methyl sites for hydroxylation is 1. The Labute approximate surface area is 369 Å². The standard InChI is InChI=1S/C51H59FN4O7/c1-53-49(59)42(10-7-25-57)56-30-39-47(50(56)60)45(62-3)28-40-48(39)63-31-51(40)18-23-54(24-19-51)20-15-32-16-21-55(22-17-32)43-29-44(61-2)38(27-41(43)52)46-36(33-8-5-4-6-9-33)13-11-34-26-35(58)12-14-37(34)46/h4-6,8-9,12,14,25-29,32,36,42,46,58H,7,10-11,13,15-24,30-31H2,1-3H3,(H,53,59). The predicted molar refractivity (Wildman–Crippen MR) is 239 cm³/mol. The molecule has 0 aromatic heterocycles. The minimum Gasteiger partial charge on any atom is -0.508 e. The molecular weight excluding hydrogens is 800 g/mol. The van der Waals surface area contributed by atoms with E-state index in [1.54, 1.807) is 31.3 Å². The fraction of sp³-hybridized carbons (Fsp3) is 0.471. The van der Waals surface area contributed by atoms with E-state index in [4.69, 9.17) is 14.2 Å². The average molecular weight is 859 g/mol. The number of amides is 2. The molecule has 12 heteroatoms. The lowest BCUT2D eigenvalue weighted by Crippen LogP contribution is -2.46. The van der Waals surface area contributed by atoms with E-state index in [1.807, 2.05) is 30.3 Å². The van der Waals surface area contributed by atoms with Crippen LogP contribution in [0.2, 0.25) is 0 Å². The molecule has 0 bridgehead atoms. The Morgan fingerprint density at radius 3 is 2.46 bits per heavy atom. The SMILES string of the molecule is CNC(=O)C(CCC=O)N1Cc2c3c(cc(OC)c2C1=O)C1(CCN(CCC2CCN(c4cc(OC)c(C5c6ccc(O)cc6CCC5c5ccccc5)cc4F)CC2)CC1)CO3. The van der Waals surface area contributed by atoms with Gasteiger partial charge in [0, 0.05) is 60.6 Å². The Bertz CT molecular complexity index is 2360. The molecule has 4 aromatic carbocycles. The number of piperidine rings is 2. The molecular formula is C51H59FN4O7. The number of aldehydes is 1. The van der Waals surface area contributed by atoms with Crippen LogP contribution < -0.4 is 24.4 Å². The first-order valence-corrected chi connectivity index (χ1v) is 22.7. The summed E-state index contributed by atoms with van der Waals surface area (Å²) < 4.78 is 34.8. The van der Waals surface area contributed by atoms with Gasteiger partial charge >= 0.3 is 0 Å². The van der Waals surface area contributed by atoms with E-state index in [1.165, 1.54) is 12.6 Å². The molecule has 2 N–H and O–H groups in total. The molecule has 5 aliphatic rings. The highest BCUT2D eigenvalue weighted by Crippen LogP contribution is 2.53. The number of aromatic hydroxyl groups is 1. The monoisotopic (exact) mass is 858 g/mol. The summed E-state index contributed by atoms with van der Waals surface area (Å²) in [5.74, 6) is 1.97. The van der Waals surface area contributed by atoms with Crippen molar-refractivity contribution in [3.05, 3.63) is 111 Å². The summed E-state index contributed by atoms with van der Waals surface area (Å²) in [4.78, 5) is 44.1. The second-order valence-corrected chi connectivity index (χ2v) is 18.2. The summed E-state index contributed by atoms with van der Waals surface area (Å²) >= 11 is 0. The molecule has 2 fully saturated rings. The number of halogens is 1. The van der Waals surface area contributed by atoms with E-state index in [2.05, 4.69) is 39.4 Å². The van der Waals surface area contributed by atoms with Gasteiger partial charge in [0.15, 0.2) is 0 Å². The van der Waals surface area contributed by atoms with Crippen LogP contribution in [0.3, 0.4) is 0 Å². The Hall–Kier alpha value is -5.62. The van der Waals surface area contributed by atoms with Crippen LogP contribution in [0.1, 0.15) is 107 Å². The van der Waals surface area contributed by atoms with E-state index >= 15 is 4.39 Å². The molecule has 11 nitrogen and oxygen atoms in total. The fourth-order valence-corrected chi connectivity index (χ4v) is 11.5. The highest BCUT2D eigenvalue weighted by atomic mass is 19.1. The normalized spacial score (nSPS) is 21.0. The number of likely N-dealkylation sites (tertiary alicyclic amines) is 1. The predicted octanol–water partition coefficient (Wildman–Crippen LogP) is 7.49. The third-order valence-corrected chi connectivity index (χ3v) is 15.0. The van der Waals surface area contributed by atoms with Crippen molar-refractivity contribution in [2.45, 2.75) is 87.6 Å². The van der Waals surface area contributed by atoms with Gasteiger partial charge in [-0.3, -0.25) is 9.59 Å². The van der Waals surface area contributed by atoms with Crippen LogP contribution in [0, 0.1) is 11.7 Å². The quantitative estimate of drug-likeness (QED) is 0.132. The average Bonchev–Trinajstić information content (AvgIpc) is 3.85. The van der Waals surface area contributed by atoms with Gasteiger partial charge in [0.2, 0.25) is 5.91 Å². The number of hydrogen-bond acceptors (Lipinski definition) is 9. The Kier molecular flexibility index (Phi) is 12.1. The van der Waals surface area contributed by atoms with E-state index in [0.717, 1.165) is 118 Å². The van der Waals surface area contributed by atoms with Gasteiger partial charge in [-0.25, -0.2) is 4.39 Å². The lowest BCUT2D eigenvalue weighted by Gasteiger charge is -2.40. The zero-order chi connectivity index (χ0) is 43.8. The fourth-order valence-electron chi connectivity index (χ4n) is 11.5. The summed E-state index contributed by atoms with van der Waals surface area (Å²) in [6, 6.07) is 20.9. The topological polar surface area (TPSA) is 121 Å². The number of methoxy groups -OCH3 is 2. The second-order valence-electron chi connectivity index (χ2n) is 18.2. The van der Waals surface area contributed by atoms with Crippen LogP contribution in [-0.2, 0) is 28.0 Å². The molecule has 4 aliphatic heterocycles. The first kappa shape index (κ1) is 42.7. The number of ether oxygens (including phenoxy) is 3. The van der Waals surface area contributed by atoms with Crippen molar-refractivity contribution in [2.24, 2.45) is 5.92 Å². The van der Waals surface area contributed by atoms with E-state index in [9.17, 15) is 19.5 Å². The smallest absolute Gasteiger partial charge is 0.259 e. The zero-order valence-corrected chi connectivity index (χ0v) is 36.7. The maximum atomic E-state index is 16.4. The lowest BCUT2D eigenvalue weighted by atomic mass is 9.69. The van der Waals surface area contributed by atoms with Crippen LogP contribution in [0.25, 0.3) is 0 Å². The number of fused-ring (bicyclic) bond motifs is 5. The van der Waals surface area contributed by atoms with E-state index in [0.29, 0.717) is 35.3 Å². The van der Waals surface area contributed by atoms with Crippen molar-refractivity contribution in [2.75, 3.05) is 65.5 Å². The number of nitrogens with zero attached hydrogens (tertiary/aromatic N) is 3. The van der Waals surface area contributed by atoms with Gasteiger partial charge in [0.25, 0.3) is 5.91 Å². The van der Waals surface area contributed by atoms with Gasteiger partial charge in [-0.2, -0.15) is 0 Å². The summed E-state index contributed by atoms with van der Waals surface area (Å²) in [6.07, 6.45) is 7.86. The van der Waals surface area contributed by atoms with Gasteiger partial charge in [0.05, 0.1) is 38.6 Å². The third-order valence-electron chi connectivity index (χ3n) is 15.0. The largest absolute Gasteiger partial charge is 0.508 e. The molecule has 4 aromatic rings. The van der Waals surface area contributed by atoms with Gasteiger partial charge in [-0.1, -0.05) is 36.4 Å². The second kappa shape index (κ2) is 17.9. The van der Waals surface area contributed by atoms with Crippen molar-refractivity contribution < 1.29 is 38.1 Å². The maximum Gasteiger partial charge on any atom is 0.259 e. The number of hydrogen-bond donors (Lipinski definition) is 2. The van der Waals surface area contributed by atoms with Crippen molar-refractivity contribution in [1.29, 1.82) is 0 Å². The minimum atomic E-state index is -0.764.